The van der Waals surface area contributed by atoms with E-state index in [0.717, 1.165) is 31.2 Å². The zero-order valence-corrected chi connectivity index (χ0v) is 16.0. The zero-order valence-electron chi connectivity index (χ0n) is 15.1. The van der Waals surface area contributed by atoms with E-state index in [1.54, 1.807) is 18.9 Å². The Kier molecular flexibility index (Phi) is 6.19. The molecule has 1 saturated carbocycles. The van der Waals surface area contributed by atoms with Gasteiger partial charge in [-0.15, -0.1) is 0 Å². The van der Waals surface area contributed by atoms with Crippen molar-refractivity contribution >= 4 is 34.7 Å². The third kappa shape index (κ3) is 4.58. The van der Waals surface area contributed by atoms with Gasteiger partial charge in [0.1, 0.15) is 11.3 Å². The van der Waals surface area contributed by atoms with Gasteiger partial charge in [-0.25, -0.2) is 4.98 Å². The molecule has 26 heavy (non-hydrogen) atoms. The van der Waals surface area contributed by atoms with Crippen molar-refractivity contribution in [3.05, 3.63) is 24.3 Å². The Hall–Kier alpha value is -2.02. The zero-order chi connectivity index (χ0) is 18.5. The molecule has 1 heterocycles. The molecule has 0 radical (unpaired) electrons. The summed E-state index contributed by atoms with van der Waals surface area (Å²) in [4.78, 5) is 30.6. The van der Waals surface area contributed by atoms with Gasteiger partial charge < -0.3 is 14.1 Å². The number of carbonyl (C=O) groups is 2. The number of aromatic nitrogens is 1. The third-order valence-corrected chi connectivity index (χ3v) is 5.52. The fourth-order valence-corrected chi connectivity index (χ4v) is 3.87. The molecule has 140 valence electrons. The molecule has 1 aliphatic rings. The molecular formula is C19H24N2O4S. The molecule has 1 amide bonds. The molecule has 6 nitrogen and oxygen atoms in total. The van der Waals surface area contributed by atoms with E-state index in [0.29, 0.717) is 10.8 Å². The highest BCUT2D eigenvalue weighted by Gasteiger charge is 2.27. The van der Waals surface area contributed by atoms with Gasteiger partial charge >= 0.3 is 5.97 Å². The van der Waals surface area contributed by atoms with Crippen LogP contribution in [0.1, 0.15) is 39.0 Å². The summed E-state index contributed by atoms with van der Waals surface area (Å²) < 4.78 is 10.9. The van der Waals surface area contributed by atoms with Crippen LogP contribution in [-0.2, 0) is 14.3 Å². The van der Waals surface area contributed by atoms with Crippen molar-refractivity contribution in [2.24, 2.45) is 0 Å². The predicted molar refractivity (Wildman–Crippen MR) is 99.9 cm³/mol. The largest absolute Gasteiger partial charge is 0.452 e. The van der Waals surface area contributed by atoms with Crippen molar-refractivity contribution in [1.82, 2.24) is 9.88 Å². The summed E-state index contributed by atoms with van der Waals surface area (Å²) in [6, 6.07) is 7.68. The Bertz CT molecular complexity index is 737. The summed E-state index contributed by atoms with van der Waals surface area (Å²) in [7, 11) is 1.80. The topological polar surface area (TPSA) is 72.6 Å². The van der Waals surface area contributed by atoms with Crippen molar-refractivity contribution in [2.75, 3.05) is 12.8 Å². The van der Waals surface area contributed by atoms with Gasteiger partial charge in [0.2, 0.25) is 0 Å². The van der Waals surface area contributed by atoms with Crippen LogP contribution in [0.5, 0.6) is 0 Å². The highest BCUT2D eigenvalue weighted by molar-refractivity contribution is 7.99. The van der Waals surface area contributed by atoms with Crippen LogP contribution in [0, 0.1) is 0 Å². The van der Waals surface area contributed by atoms with Crippen LogP contribution in [0.4, 0.5) is 0 Å². The number of para-hydroxylation sites is 2. The number of thioether (sulfide) groups is 1. The lowest BCUT2D eigenvalue weighted by molar-refractivity contribution is -0.157. The van der Waals surface area contributed by atoms with Crippen molar-refractivity contribution in [1.29, 1.82) is 0 Å². The van der Waals surface area contributed by atoms with E-state index < -0.39 is 12.1 Å². The lowest BCUT2D eigenvalue weighted by Crippen LogP contribution is -2.44. The van der Waals surface area contributed by atoms with E-state index in [-0.39, 0.29) is 17.7 Å². The molecule has 1 atom stereocenters. The quantitative estimate of drug-likeness (QED) is 0.566. The van der Waals surface area contributed by atoms with E-state index in [9.17, 15) is 9.59 Å². The first-order valence-electron chi connectivity index (χ1n) is 8.99. The molecule has 1 aliphatic carbocycles. The standard InChI is InChI=1S/C19H24N2O4S/c1-13(18(23)21(2)14-8-4-3-5-9-14)24-17(22)12-26-19-20-15-10-6-7-11-16(15)25-19/h6-7,10-11,13-14H,3-5,8-9,12H2,1-2H3/t13-/m0/s1. The number of oxazole rings is 1. The average Bonchev–Trinajstić information content (AvgIpc) is 3.09. The number of fused-ring (bicyclic) bond motifs is 1. The molecule has 0 saturated heterocycles. The van der Waals surface area contributed by atoms with Gasteiger partial charge in [0.25, 0.3) is 11.1 Å². The molecule has 3 rings (SSSR count). The monoisotopic (exact) mass is 376 g/mol. The highest BCUT2D eigenvalue weighted by Crippen LogP contribution is 2.24. The summed E-state index contributed by atoms with van der Waals surface area (Å²) in [5, 5.41) is 0.418. The second-order valence-electron chi connectivity index (χ2n) is 6.61. The van der Waals surface area contributed by atoms with Crippen LogP contribution in [0.3, 0.4) is 0 Å². The molecule has 0 aliphatic heterocycles. The third-order valence-electron chi connectivity index (χ3n) is 4.71. The Labute approximate surface area is 157 Å². The molecule has 1 aromatic carbocycles. The van der Waals surface area contributed by atoms with Gasteiger partial charge in [-0.2, -0.15) is 0 Å². The first kappa shape index (κ1) is 18.8. The second-order valence-corrected chi connectivity index (χ2v) is 7.54. The number of hydrogen-bond donors (Lipinski definition) is 0. The van der Waals surface area contributed by atoms with Crippen molar-refractivity contribution in [3.63, 3.8) is 0 Å². The van der Waals surface area contributed by atoms with E-state index in [1.165, 1.54) is 18.2 Å². The van der Waals surface area contributed by atoms with Gasteiger partial charge in [-0.3, -0.25) is 9.59 Å². The predicted octanol–water partition coefficient (Wildman–Crippen LogP) is 3.64. The lowest BCUT2D eigenvalue weighted by atomic mass is 9.94. The number of amides is 1. The Morgan fingerprint density at radius 1 is 1.31 bits per heavy atom. The van der Waals surface area contributed by atoms with Crippen LogP contribution in [0.15, 0.2) is 33.9 Å². The van der Waals surface area contributed by atoms with Gasteiger partial charge in [0.05, 0.1) is 0 Å². The Morgan fingerprint density at radius 2 is 2.04 bits per heavy atom. The molecule has 7 heteroatoms. The number of esters is 1. The number of ether oxygens (including phenoxy) is 1. The molecule has 1 aromatic heterocycles. The van der Waals surface area contributed by atoms with Gasteiger partial charge in [-0.1, -0.05) is 43.2 Å². The molecular weight excluding hydrogens is 352 g/mol. The summed E-state index contributed by atoms with van der Waals surface area (Å²) in [5.41, 5.74) is 1.43. The van der Waals surface area contributed by atoms with Crippen molar-refractivity contribution < 1.29 is 18.7 Å². The maximum Gasteiger partial charge on any atom is 0.317 e. The maximum absolute atomic E-state index is 12.5. The Balaban J connectivity index is 1.48. The van der Waals surface area contributed by atoms with E-state index >= 15 is 0 Å². The number of rotatable bonds is 6. The fraction of sp³-hybridized carbons (Fsp3) is 0.526. The van der Waals surface area contributed by atoms with Crippen molar-refractivity contribution in [2.45, 2.75) is 56.4 Å². The Morgan fingerprint density at radius 3 is 2.77 bits per heavy atom. The normalized spacial score (nSPS) is 16.4. The highest BCUT2D eigenvalue weighted by atomic mass is 32.2. The van der Waals surface area contributed by atoms with E-state index in [2.05, 4.69) is 4.98 Å². The first-order valence-corrected chi connectivity index (χ1v) is 9.97. The average molecular weight is 376 g/mol. The van der Waals surface area contributed by atoms with E-state index in [1.807, 2.05) is 24.3 Å². The second kappa shape index (κ2) is 8.58. The lowest BCUT2D eigenvalue weighted by Gasteiger charge is -2.32. The molecule has 1 fully saturated rings. The molecule has 0 unspecified atom stereocenters. The SMILES string of the molecule is C[C@H](OC(=O)CSc1nc2ccccc2o1)C(=O)N(C)C1CCCCC1. The molecule has 0 N–H and O–H groups in total. The first-order chi connectivity index (χ1) is 12.5. The summed E-state index contributed by atoms with van der Waals surface area (Å²) in [6.45, 7) is 1.63. The number of likely N-dealkylation sites (N-methyl/N-ethyl adjacent to an activating group) is 1. The van der Waals surface area contributed by atoms with Crippen LogP contribution < -0.4 is 0 Å². The smallest absolute Gasteiger partial charge is 0.317 e. The molecule has 0 spiro atoms. The van der Waals surface area contributed by atoms with E-state index in [4.69, 9.17) is 9.15 Å². The number of carbonyl (C=O) groups excluding carboxylic acids is 2. The van der Waals surface area contributed by atoms with Gasteiger partial charge in [-0.05, 0) is 31.9 Å². The fourth-order valence-electron chi connectivity index (χ4n) is 3.25. The maximum atomic E-state index is 12.5. The number of hydrogen-bond acceptors (Lipinski definition) is 6. The van der Waals surface area contributed by atoms with Gasteiger partial charge in [0.15, 0.2) is 11.7 Å². The van der Waals surface area contributed by atoms with Crippen LogP contribution in [-0.4, -0.2) is 46.7 Å². The van der Waals surface area contributed by atoms with Crippen LogP contribution >= 0.6 is 11.8 Å². The van der Waals surface area contributed by atoms with Gasteiger partial charge in [0, 0.05) is 13.1 Å². The van der Waals surface area contributed by atoms with Crippen molar-refractivity contribution in [3.8, 4) is 0 Å². The number of benzene rings is 1. The summed E-state index contributed by atoms with van der Waals surface area (Å²) in [5.74, 6) is -0.537. The van der Waals surface area contributed by atoms with Crippen LogP contribution in [0.2, 0.25) is 0 Å². The van der Waals surface area contributed by atoms with Crippen LogP contribution in [0.25, 0.3) is 11.1 Å². The summed E-state index contributed by atoms with van der Waals surface area (Å²) >= 11 is 1.17. The minimum absolute atomic E-state index is 0.0532. The minimum Gasteiger partial charge on any atom is -0.452 e. The summed E-state index contributed by atoms with van der Waals surface area (Å²) in [6.07, 6.45) is 4.80. The number of nitrogens with zero attached hydrogens (tertiary/aromatic N) is 2. The minimum atomic E-state index is -0.779. The molecule has 2 aromatic rings. The molecule has 0 bridgehead atoms.